The van der Waals surface area contributed by atoms with Gasteiger partial charge in [-0.3, -0.25) is 14.5 Å². The molecule has 0 spiro atoms. The van der Waals surface area contributed by atoms with Crippen molar-refractivity contribution >= 4 is 11.5 Å². The van der Waals surface area contributed by atoms with Crippen molar-refractivity contribution in [2.75, 3.05) is 44.8 Å². The molecule has 0 unspecified atom stereocenters. The molecular weight excluding hydrogens is 408 g/mol. The van der Waals surface area contributed by atoms with Crippen LogP contribution >= 0.6 is 0 Å². The highest BCUT2D eigenvalue weighted by atomic mass is 16.5. The molecular formula is C25H26N2O5. The topological polar surface area (TPSA) is 72.2 Å². The summed E-state index contributed by atoms with van der Waals surface area (Å²) in [6.07, 6.45) is 1.29. The molecule has 1 aliphatic rings. The number of nitrogens with zero attached hydrogens (tertiary/aromatic N) is 2. The number of hydrogen-bond acceptors (Lipinski definition) is 7. The summed E-state index contributed by atoms with van der Waals surface area (Å²) in [6, 6.07) is 18.5. The molecule has 4 rings (SSSR count). The van der Waals surface area contributed by atoms with E-state index in [1.165, 1.54) is 18.0 Å². The minimum atomic E-state index is -0.295. The van der Waals surface area contributed by atoms with Crippen LogP contribution in [0.15, 0.2) is 76.1 Å². The lowest BCUT2D eigenvalue weighted by Gasteiger charge is -2.35. The van der Waals surface area contributed by atoms with Crippen LogP contribution in [0, 0.1) is 0 Å². The number of carbonyl (C=O) groups excluding carboxylic acids is 1. The van der Waals surface area contributed by atoms with Crippen molar-refractivity contribution in [1.29, 1.82) is 0 Å². The zero-order valence-electron chi connectivity index (χ0n) is 18.0. The van der Waals surface area contributed by atoms with Crippen molar-refractivity contribution in [1.82, 2.24) is 4.90 Å². The van der Waals surface area contributed by atoms with Gasteiger partial charge in [0.05, 0.1) is 13.7 Å². The summed E-state index contributed by atoms with van der Waals surface area (Å²) >= 11 is 0. The molecule has 0 radical (unpaired) electrons. The molecule has 2 aromatic carbocycles. The Morgan fingerprint density at radius 1 is 1.00 bits per heavy atom. The first-order valence-electron chi connectivity index (χ1n) is 10.6. The van der Waals surface area contributed by atoms with Crippen molar-refractivity contribution in [3.8, 4) is 11.5 Å². The standard InChI is InChI=1S/C25H26N2O5/c1-30-21-9-7-19(8-10-21)24(29)17-32-25-18-31-22(15-23(25)28)16-26-11-13-27(14-12-26)20-5-3-2-4-6-20/h2-10,15,18H,11-14,16-17H2,1H3. The van der Waals surface area contributed by atoms with Gasteiger partial charge in [0, 0.05) is 43.5 Å². The number of methoxy groups -OCH3 is 1. The van der Waals surface area contributed by atoms with Crippen LogP contribution in [0.2, 0.25) is 0 Å². The molecule has 1 aromatic heterocycles. The third kappa shape index (κ3) is 5.36. The van der Waals surface area contributed by atoms with Gasteiger partial charge in [-0.05, 0) is 36.4 Å². The van der Waals surface area contributed by atoms with Crippen LogP contribution in [0.25, 0.3) is 0 Å². The number of benzene rings is 2. The molecule has 7 heteroatoms. The Balaban J connectivity index is 1.28. The van der Waals surface area contributed by atoms with Gasteiger partial charge in [0.25, 0.3) is 0 Å². The first-order valence-corrected chi connectivity index (χ1v) is 10.6. The molecule has 0 aliphatic carbocycles. The van der Waals surface area contributed by atoms with Crippen molar-refractivity contribution in [3.05, 3.63) is 88.5 Å². The molecule has 0 bridgehead atoms. The largest absolute Gasteiger partial charge is 0.497 e. The van der Waals surface area contributed by atoms with Crippen LogP contribution < -0.4 is 19.8 Å². The number of ether oxygens (including phenoxy) is 2. The molecule has 2 heterocycles. The second-order valence-corrected chi connectivity index (χ2v) is 7.61. The van der Waals surface area contributed by atoms with Crippen LogP contribution in [0.5, 0.6) is 11.5 Å². The normalized spacial score (nSPS) is 14.2. The monoisotopic (exact) mass is 434 g/mol. The van der Waals surface area contributed by atoms with E-state index in [9.17, 15) is 9.59 Å². The van der Waals surface area contributed by atoms with E-state index in [4.69, 9.17) is 13.9 Å². The van der Waals surface area contributed by atoms with Crippen molar-refractivity contribution in [3.63, 3.8) is 0 Å². The molecule has 3 aromatic rings. The molecule has 1 fully saturated rings. The Morgan fingerprint density at radius 3 is 2.38 bits per heavy atom. The number of ketones is 1. The van der Waals surface area contributed by atoms with Gasteiger partial charge in [-0.1, -0.05) is 18.2 Å². The molecule has 1 aliphatic heterocycles. The fraction of sp³-hybridized carbons (Fsp3) is 0.280. The maximum Gasteiger partial charge on any atom is 0.227 e. The highest BCUT2D eigenvalue weighted by Crippen LogP contribution is 2.17. The van der Waals surface area contributed by atoms with Gasteiger partial charge in [0.15, 0.2) is 12.4 Å². The van der Waals surface area contributed by atoms with E-state index in [0.29, 0.717) is 23.6 Å². The maximum absolute atomic E-state index is 12.4. The smallest absolute Gasteiger partial charge is 0.227 e. The van der Waals surface area contributed by atoms with Gasteiger partial charge in [0.2, 0.25) is 11.2 Å². The molecule has 0 N–H and O–H groups in total. The quantitative estimate of drug-likeness (QED) is 0.504. The SMILES string of the molecule is COc1ccc(C(=O)COc2coc(CN3CCN(c4ccccc4)CC3)cc2=O)cc1. The molecule has 7 nitrogen and oxygen atoms in total. The van der Waals surface area contributed by atoms with Crippen LogP contribution in [-0.4, -0.2) is 50.6 Å². The number of para-hydroxylation sites is 1. The number of Topliss-reactive ketones (excluding diaryl/α,β-unsaturated/α-hetero) is 1. The number of piperazine rings is 1. The van der Waals surface area contributed by atoms with E-state index in [1.807, 2.05) is 18.2 Å². The molecule has 166 valence electrons. The van der Waals surface area contributed by atoms with E-state index < -0.39 is 0 Å². The Labute approximate surface area is 186 Å². The predicted octanol–water partition coefficient (Wildman–Crippen LogP) is 3.23. The second kappa shape index (κ2) is 10.2. The number of hydrogen-bond donors (Lipinski definition) is 0. The van der Waals surface area contributed by atoms with E-state index in [2.05, 4.69) is 21.9 Å². The predicted molar refractivity (Wildman–Crippen MR) is 122 cm³/mol. The minimum Gasteiger partial charge on any atom is -0.497 e. The fourth-order valence-corrected chi connectivity index (χ4v) is 3.65. The lowest BCUT2D eigenvalue weighted by molar-refractivity contribution is 0.0919. The van der Waals surface area contributed by atoms with Crippen LogP contribution in [-0.2, 0) is 6.54 Å². The van der Waals surface area contributed by atoms with Gasteiger partial charge >= 0.3 is 0 Å². The lowest BCUT2D eigenvalue weighted by Crippen LogP contribution is -2.46. The highest BCUT2D eigenvalue weighted by molar-refractivity contribution is 5.97. The van der Waals surface area contributed by atoms with Crippen LogP contribution in [0.1, 0.15) is 16.1 Å². The number of anilines is 1. The second-order valence-electron chi connectivity index (χ2n) is 7.61. The third-order valence-electron chi connectivity index (χ3n) is 5.50. The average molecular weight is 434 g/mol. The maximum atomic E-state index is 12.4. The summed E-state index contributed by atoms with van der Waals surface area (Å²) < 4.78 is 16.1. The van der Waals surface area contributed by atoms with Gasteiger partial charge in [0.1, 0.15) is 17.8 Å². The summed E-state index contributed by atoms with van der Waals surface area (Å²) in [5, 5.41) is 0. The van der Waals surface area contributed by atoms with Crippen molar-refractivity contribution < 1.29 is 18.7 Å². The van der Waals surface area contributed by atoms with Gasteiger partial charge in [-0.2, -0.15) is 0 Å². The van der Waals surface area contributed by atoms with Gasteiger partial charge in [-0.15, -0.1) is 0 Å². The first-order chi connectivity index (χ1) is 15.6. The Bertz CT molecular complexity index is 1090. The van der Waals surface area contributed by atoms with Crippen molar-refractivity contribution in [2.45, 2.75) is 6.54 Å². The summed E-state index contributed by atoms with van der Waals surface area (Å²) in [5.74, 6) is 1.05. The van der Waals surface area contributed by atoms with E-state index in [1.54, 1.807) is 31.4 Å². The number of rotatable bonds is 8. The Morgan fingerprint density at radius 2 is 1.72 bits per heavy atom. The summed E-state index contributed by atoms with van der Waals surface area (Å²) in [5.41, 5.74) is 1.42. The zero-order valence-corrected chi connectivity index (χ0v) is 18.0. The molecule has 32 heavy (non-hydrogen) atoms. The summed E-state index contributed by atoms with van der Waals surface area (Å²) in [7, 11) is 1.56. The fourth-order valence-electron chi connectivity index (χ4n) is 3.65. The van der Waals surface area contributed by atoms with Crippen LogP contribution in [0.3, 0.4) is 0 Å². The molecule has 0 atom stereocenters. The Hall–Kier alpha value is -3.58. The van der Waals surface area contributed by atoms with E-state index in [-0.39, 0.29) is 23.6 Å². The molecule has 1 saturated heterocycles. The van der Waals surface area contributed by atoms with Gasteiger partial charge in [-0.25, -0.2) is 0 Å². The average Bonchev–Trinajstić information content (AvgIpc) is 2.84. The lowest BCUT2D eigenvalue weighted by atomic mass is 10.1. The summed E-state index contributed by atoms with van der Waals surface area (Å²) in [4.78, 5) is 29.3. The number of carbonyl (C=O) groups is 1. The molecule has 0 saturated carbocycles. The Kier molecular flexibility index (Phi) is 6.87. The third-order valence-corrected chi connectivity index (χ3v) is 5.50. The van der Waals surface area contributed by atoms with E-state index >= 15 is 0 Å². The first kappa shape index (κ1) is 21.6. The zero-order chi connectivity index (χ0) is 22.3. The highest BCUT2D eigenvalue weighted by Gasteiger charge is 2.18. The van der Waals surface area contributed by atoms with Gasteiger partial charge < -0.3 is 18.8 Å². The van der Waals surface area contributed by atoms with Crippen LogP contribution in [0.4, 0.5) is 5.69 Å². The minimum absolute atomic E-state index is 0.0320. The van der Waals surface area contributed by atoms with E-state index in [0.717, 1.165) is 26.2 Å². The van der Waals surface area contributed by atoms with Crippen molar-refractivity contribution in [2.24, 2.45) is 0 Å². The molecule has 0 amide bonds. The summed E-state index contributed by atoms with van der Waals surface area (Å²) in [6.45, 7) is 3.92.